The van der Waals surface area contributed by atoms with Gasteiger partial charge in [-0.1, -0.05) is 31.9 Å². The van der Waals surface area contributed by atoms with E-state index in [1.54, 1.807) is 14.2 Å². The molecule has 0 radical (unpaired) electrons. The van der Waals surface area contributed by atoms with Gasteiger partial charge in [0.1, 0.15) is 5.75 Å². The van der Waals surface area contributed by atoms with Gasteiger partial charge < -0.3 is 14.8 Å². The van der Waals surface area contributed by atoms with E-state index in [0.717, 1.165) is 31.4 Å². The summed E-state index contributed by atoms with van der Waals surface area (Å²) in [5.74, 6) is 1.83. The van der Waals surface area contributed by atoms with Gasteiger partial charge in [0.25, 0.3) is 0 Å². The Morgan fingerprint density at radius 3 is 2.48 bits per heavy atom. The van der Waals surface area contributed by atoms with Gasteiger partial charge >= 0.3 is 0 Å². The molecule has 3 nitrogen and oxygen atoms in total. The Balaban J connectivity index is 2.01. The van der Waals surface area contributed by atoms with Gasteiger partial charge in [0, 0.05) is 25.6 Å². The predicted octanol–water partition coefficient (Wildman–Crippen LogP) is 3.38. The summed E-state index contributed by atoms with van der Waals surface area (Å²) in [5.41, 5.74) is 1.75. The van der Waals surface area contributed by atoms with Crippen molar-refractivity contribution in [2.75, 3.05) is 33.9 Å². The fraction of sp³-hybridized carbons (Fsp3) is 0.667. The molecule has 0 saturated heterocycles. The van der Waals surface area contributed by atoms with E-state index in [2.05, 4.69) is 36.5 Å². The Morgan fingerprint density at radius 1 is 1.19 bits per heavy atom. The van der Waals surface area contributed by atoms with Crippen LogP contribution in [0.4, 0.5) is 0 Å². The van der Waals surface area contributed by atoms with Gasteiger partial charge in [-0.05, 0) is 36.5 Å². The van der Waals surface area contributed by atoms with E-state index in [9.17, 15) is 0 Å². The van der Waals surface area contributed by atoms with E-state index < -0.39 is 0 Å². The van der Waals surface area contributed by atoms with Crippen LogP contribution < -0.4 is 10.1 Å². The number of methoxy groups -OCH3 is 2. The van der Waals surface area contributed by atoms with Crippen molar-refractivity contribution in [3.63, 3.8) is 0 Å². The summed E-state index contributed by atoms with van der Waals surface area (Å²) in [6, 6.07) is 8.64. The van der Waals surface area contributed by atoms with Gasteiger partial charge in [0.05, 0.1) is 13.7 Å². The minimum atomic E-state index is 0.305. The van der Waals surface area contributed by atoms with E-state index >= 15 is 0 Å². The van der Waals surface area contributed by atoms with Gasteiger partial charge in [-0.25, -0.2) is 0 Å². The molecule has 1 N–H and O–H groups in total. The van der Waals surface area contributed by atoms with Crippen molar-refractivity contribution >= 4 is 0 Å². The van der Waals surface area contributed by atoms with Crippen molar-refractivity contribution in [1.29, 1.82) is 0 Å². The minimum absolute atomic E-state index is 0.305. The second-order valence-electron chi connectivity index (χ2n) is 6.24. The molecule has 1 aromatic carbocycles. The molecule has 1 fully saturated rings. The molecule has 0 bridgehead atoms. The van der Waals surface area contributed by atoms with E-state index in [4.69, 9.17) is 9.47 Å². The Morgan fingerprint density at radius 2 is 1.90 bits per heavy atom. The lowest BCUT2D eigenvalue weighted by Crippen LogP contribution is -2.49. The largest absolute Gasteiger partial charge is 0.497 e. The molecule has 0 unspecified atom stereocenters. The van der Waals surface area contributed by atoms with E-state index in [0.29, 0.717) is 5.41 Å². The first-order valence-corrected chi connectivity index (χ1v) is 8.08. The van der Waals surface area contributed by atoms with Gasteiger partial charge in [0.2, 0.25) is 0 Å². The van der Waals surface area contributed by atoms with Crippen LogP contribution in [0.5, 0.6) is 5.75 Å². The van der Waals surface area contributed by atoms with E-state index in [1.807, 2.05) is 0 Å². The van der Waals surface area contributed by atoms with Crippen LogP contribution in [0, 0.1) is 5.92 Å². The fourth-order valence-electron chi connectivity index (χ4n) is 3.59. The quantitative estimate of drug-likeness (QED) is 0.708. The highest BCUT2D eigenvalue weighted by molar-refractivity contribution is 5.35. The molecule has 0 heterocycles. The van der Waals surface area contributed by atoms with Gasteiger partial charge in [0.15, 0.2) is 0 Å². The summed E-state index contributed by atoms with van der Waals surface area (Å²) in [6.07, 6.45) is 5.25. The maximum absolute atomic E-state index is 5.27. The van der Waals surface area contributed by atoms with E-state index in [-0.39, 0.29) is 0 Å². The van der Waals surface area contributed by atoms with Crippen molar-refractivity contribution in [3.8, 4) is 5.75 Å². The van der Waals surface area contributed by atoms with Crippen molar-refractivity contribution in [2.45, 2.75) is 38.0 Å². The van der Waals surface area contributed by atoms with E-state index in [1.165, 1.54) is 31.2 Å². The highest BCUT2D eigenvalue weighted by atomic mass is 16.5. The van der Waals surface area contributed by atoms with Crippen LogP contribution in [0.15, 0.2) is 24.3 Å². The molecule has 21 heavy (non-hydrogen) atoms. The summed E-state index contributed by atoms with van der Waals surface area (Å²) in [7, 11) is 3.47. The molecular formula is C18H29NO2. The van der Waals surface area contributed by atoms with Crippen LogP contribution in [-0.4, -0.2) is 33.9 Å². The average Bonchev–Trinajstić information content (AvgIpc) is 2.48. The second kappa shape index (κ2) is 7.81. The zero-order valence-corrected chi connectivity index (χ0v) is 13.7. The van der Waals surface area contributed by atoms with Crippen LogP contribution in [-0.2, 0) is 10.2 Å². The zero-order valence-electron chi connectivity index (χ0n) is 13.7. The standard InChI is InChI=1S/C18H29NO2/c1-4-5-15-12-18(13-15,14-19-10-11-20-2)16-6-8-17(21-3)9-7-16/h6-9,15,19H,4-5,10-14H2,1-3H3. The van der Waals surface area contributed by atoms with Crippen molar-refractivity contribution < 1.29 is 9.47 Å². The fourth-order valence-corrected chi connectivity index (χ4v) is 3.59. The Bertz CT molecular complexity index is 410. The summed E-state index contributed by atoms with van der Waals surface area (Å²) in [6.45, 7) is 5.02. The molecule has 0 amide bonds. The lowest BCUT2D eigenvalue weighted by atomic mass is 9.57. The zero-order chi connectivity index (χ0) is 15.1. The summed E-state index contributed by atoms with van der Waals surface area (Å²) in [5, 5.41) is 3.56. The number of benzene rings is 1. The molecular weight excluding hydrogens is 262 g/mol. The molecule has 2 rings (SSSR count). The lowest BCUT2D eigenvalue weighted by molar-refractivity contribution is 0.123. The monoisotopic (exact) mass is 291 g/mol. The Hall–Kier alpha value is -1.06. The number of hydrogen-bond acceptors (Lipinski definition) is 3. The second-order valence-corrected chi connectivity index (χ2v) is 6.24. The summed E-state index contributed by atoms with van der Waals surface area (Å²) < 4.78 is 10.4. The minimum Gasteiger partial charge on any atom is -0.497 e. The number of rotatable bonds is 9. The summed E-state index contributed by atoms with van der Waals surface area (Å²) >= 11 is 0. The maximum Gasteiger partial charge on any atom is 0.118 e. The smallest absolute Gasteiger partial charge is 0.118 e. The number of nitrogens with one attached hydrogen (secondary N) is 1. The third-order valence-corrected chi connectivity index (χ3v) is 4.70. The van der Waals surface area contributed by atoms with Crippen LogP contribution >= 0.6 is 0 Å². The first-order chi connectivity index (χ1) is 10.2. The molecule has 0 aromatic heterocycles. The molecule has 1 aromatic rings. The molecule has 118 valence electrons. The first kappa shape index (κ1) is 16.3. The first-order valence-electron chi connectivity index (χ1n) is 8.08. The van der Waals surface area contributed by atoms with Crippen LogP contribution in [0.25, 0.3) is 0 Å². The molecule has 0 aliphatic heterocycles. The normalized spacial score (nSPS) is 24.6. The Labute approximate surface area is 129 Å². The van der Waals surface area contributed by atoms with Crippen molar-refractivity contribution in [1.82, 2.24) is 5.32 Å². The Kier molecular flexibility index (Phi) is 6.07. The van der Waals surface area contributed by atoms with Gasteiger partial charge in [-0.3, -0.25) is 0 Å². The maximum atomic E-state index is 5.27. The summed E-state index contributed by atoms with van der Waals surface area (Å²) in [4.78, 5) is 0. The number of ether oxygens (including phenoxy) is 2. The highest BCUT2D eigenvalue weighted by Gasteiger charge is 2.44. The van der Waals surface area contributed by atoms with Crippen molar-refractivity contribution in [2.24, 2.45) is 5.92 Å². The molecule has 0 atom stereocenters. The van der Waals surface area contributed by atoms with Crippen LogP contribution in [0.1, 0.15) is 38.2 Å². The lowest BCUT2D eigenvalue weighted by Gasteiger charge is -2.49. The van der Waals surface area contributed by atoms with Crippen LogP contribution in [0.2, 0.25) is 0 Å². The number of hydrogen-bond donors (Lipinski definition) is 1. The highest BCUT2D eigenvalue weighted by Crippen LogP contribution is 2.49. The average molecular weight is 291 g/mol. The molecule has 1 saturated carbocycles. The topological polar surface area (TPSA) is 30.5 Å². The predicted molar refractivity (Wildman–Crippen MR) is 87.0 cm³/mol. The SMILES string of the molecule is CCCC1CC(CNCCOC)(c2ccc(OC)cc2)C1. The molecule has 0 spiro atoms. The van der Waals surface area contributed by atoms with Gasteiger partial charge in [-0.15, -0.1) is 0 Å². The molecule has 1 aliphatic rings. The van der Waals surface area contributed by atoms with Crippen LogP contribution in [0.3, 0.4) is 0 Å². The molecule has 1 aliphatic carbocycles. The third kappa shape index (κ3) is 3.98. The third-order valence-electron chi connectivity index (χ3n) is 4.70. The molecule has 3 heteroatoms. The van der Waals surface area contributed by atoms with Gasteiger partial charge in [-0.2, -0.15) is 0 Å². The van der Waals surface area contributed by atoms with Crippen molar-refractivity contribution in [3.05, 3.63) is 29.8 Å².